The molecule has 0 fully saturated rings. The number of aryl methyl sites for hydroxylation is 2. The molecule has 7 heteroatoms. The number of halogens is 2. The van der Waals surface area contributed by atoms with Gasteiger partial charge in [0, 0.05) is 16.4 Å². The summed E-state index contributed by atoms with van der Waals surface area (Å²) in [4.78, 5) is 9.14. The summed E-state index contributed by atoms with van der Waals surface area (Å²) in [7, 11) is 0. The summed E-state index contributed by atoms with van der Waals surface area (Å²) in [5.74, 6) is 0.557. The monoisotopic (exact) mass is 386 g/mol. The van der Waals surface area contributed by atoms with E-state index in [1.54, 1.807) is 29.3 Å². The van der Waals surface area contributed by atoms with Gasteiger partial charge in [0.25, 0.3) is 0 Å². The lowest BCUT2D eigenvalue weighted by molar-refractivity contribution is 0.174. The standard InChI is InChI=1S/C19H16Cl2N4O/c1-3-14-9-16(25(24-14)18-15(21)5-4-6-22-18)19-23-17-11(2)7-13(20)8-12(17)10-26-19/h4-10,19H,3H2,1-2H3. The number of aromatic nitrogens is 3. The van der Waals surface area contributed by atoms with Gasteiger partial charge in [-0.3, -0.25) is 0 Å². The van der Waals surface area contributed by atoms with E-state index in [1.807, 2.05) is 32.0 Å². The highest BCUT2D eigenvalue weighted by Gasteiger charge is 2.22. The number of nitrogens with zero attached hydrogens (tertiary/aromatic N) is 4. The minimum atomic E-state index is -0.534. The molecule has 1 aliphatic heterocycles. The Labute approximate surface area is 160 Å². The van der Waals surface area contributed by atoms with Crippen LogP contribution in [-0.2, 0) is 11.2 Å². The quantitative estimate of drug-likeness (QED) is 0.691. The zero-order valence-corrected chi connectivity index (χ0v) is 15.8. The molecule has 0 N–H and O–H groups in total. The molecule has 3 aromatic rings. The van der Waals surface area contributed by atoms with Crippen LogP contribution in [-0.4, -0.2) is 14.8 Å². The summed E-state index contributed by atoms with van der Waals surface area (Å²) in [6.07, 6.45) is 3.62. The molecule has 0 saturated heterocycles. The SMILES string of the molecule is CCc1cc(C2N=c3c(C)cc(Cl)cc3=CO2)n(-c2ncccc2Cl)n1. The van der Waals surface area contributed by atoms with Gasteiger partial charge in [-0.15, -0.1) is 0 Å². The fourth-order valence-corrected chi connectivity index (χ4v) is 3.43. The van der Waals surface area contributed by atoms with E-state index in [9.17, 15) is 0 Å². The number of pyridine rings is 1. The number of benzene rings is 1. The number of rotatable bonds is 3. The first kappa shape index (κ1) is 17.1. The minimum absolute atomic E-state index is 0.516. The lowest BCUT2D eigenvalue weighted by atomic mass is 10.2. The Bertz CT molecular complexity index is 1110. The highest BCUT2D eigenvalue weighted by Crippen LogP contribution is 2.27. The first-order valence-electron chi connectivity index (χ1n) is 8.26. The second-order valence-corrected chi connectivity index (χ2v) is 6.87. The lowest BCUT2D eigenvalue weighted by Crippen LogP contribution is -2.32. The van der Waals surface area contributed by atoms with Crippen molar-refractivity contribution in [3.8, 4) is 5.82 Å². The van der Waals surface area contributed by atoms with Crippen LogP contribution >= 0.6 is 23.2 Å². The molecule has 0 aliphatic carbocycles. The van der Waals surface area contributed by atoms with Crippen LogP contribution in [0.3, 0.4) is 0 Å². The molecule has 1 unspecified atom stereocenters. The van der Waals surface area contributed by atoms with Crippen LogP contribution < -0.4 is 10.6 Å². The second-order valence-electron chi connectivity index (χ2n) is 6.03. The lowest BCUT2D eigenvalue weighted by Gasteiger charge is -2.17. The largest absolute Gasteiger partial charge is 0.470 e. The van der Waals surface area contributed by atoms with Gasteiger partial charge in [-0.2, -0.15) is 5.10 Å². The van der Waals surface area contributed by atoms with E-state index in [-0.39, 0.29) is 0 Å². The summed E-state index contributed by atoms with van der Waals surface area (Å²) in [5.41, 5.74) is 2.69. The van der Waals surface area contributed by atoms with Gasteiger partial charge in [-0.05, 0) is 49.2 Å². The molecule has 0 saturated carbocycles. The van der Waals surface area contributed by atoms with Crippen LogP contribution in [0.4, 0.5) is 0 Å². The van der Waals surface area contributed by atoms with Gasteiger partial charge in [0.2, 0.25) is 6.23 Å². The maximum Gasteiger partial charge on any atom is 0.232 e. The molecule has 2 aromatic heterocycles. The predicted octanol–water partition coefficient (Wildman–Crippen LogP) is 3.53. The Morgan fingerprint density at radius 1 is 1.23 bits per heavy atom. The summed E-state index contributed by atoms with van der Waals surface area (Å²) in [6, 6.07) is 9.28. The van der Waals surface area contributed by atoms with Crippen molar-refractivity contribution in [2.75, 3.05) is 0 Å². The molecule has 0 amide bonds. The van der Waals surface area contributed by atoms with Crippen LogP contribution in [0, 0.1) is 6.92 Å². The molecule has 1 aromatic carbocycles. The minimum Gasteiger partial charge on any atom is -0.470 e. The Morgan fingerprint density at radius 2 is 2.08 bits per heavy atom. The van der Waals surface area contributed by atoms with E-state index in [0.717, 1.165) is 33.9 Å². The van der Waals surface area contributed by atoms with Gasteiger partial charge in [-0.25, -0.2) is 14.7 Å². The van der Waals surface area contributed by atoms with E-state index in [1.165, 1.54) is 0 Å². The Hall–Kier alpha value is -2.37. The van der Waals surface area contributed by atoms with Crippen molar-refractivity contribution in [3.05, 3.63) is 74.1 Å². The van der Waals surface area contributed by atoms with Crippen molar-refractivity contribution in [2.45, 2.75) is 26.5 Å². The zero-order valence-electron chi connectivity index (χ0n) is 14.3. The summed E-state index contributed by atoms with van der Waals surface area (Å²) in [6.45, 7) is 4.03. The first-order chi connectivity index (χ1) is 12.6. The Balaban J connectivity index is 1.88. The predicted molar refractivity (Wildman–Crippen MR) is 101 cm³/mol. The molecule has 4 rings (SSSR count). The highest BCUT2D eigenvalue weighted by molar-refractivity contribution is 6.32. The van der Waals surface area contributed by atoms with Gasteiger partial charge in [0.15, 0.2) is 5.82 Å². The summed E-state index contributed by atoms with van der Waals surface area (Å²) < 4.78 is 7.59. The van der Waals surface area contributed by atoms with Gasteiger partial charge in [0.05, 0.1) is 22.3 Å². The molecule has 3 heterocycles. The van der Waals surface area contributed by atoms with Crippen LogP contribution in [0.1, 0.15) is 30.1 Å². The van der Waals surface area contributed by atoms with E-state index in [2.05, 4.69) is 10.1 Å². The van der Waals surface area contributed by atoms with Gasteiger partial charge in [-0.1, -0.05) is 30.1 Å². The third-order valence-corrected chi connectivity index (χ3v) is 4.72. The summed E-state index contributed by atoms with van der Waals surface area (Å²) >= 11 is 12.5. The normalized spacial score (nSPS) is 15.6. The third-order valence-electron chi connectivity index (χ3n) is 4.21. The van der Waals surface area contributed by atoms with Crippen molar-refractivity contribution >= 4 is 29.5 Å². The van der Waals surface area contributed by atoms with Crippen molar-refractivity contribution in [1.29, 1.82) is 0 Å². The average Bonchev–Trinajstić information content (AvgIpc) is 3.06. The molecule has 5 nitrogen and oxygen atoms in total. The van der Waals surface area contributed by atoms with Gasteiger partial charge in [0.1, 0.15) is 5.69 Å². The van der Waals surface area contributed by atoms with E-state index in [0.29, 0.717) is 15.9 Å². The molecule has 0 spiro atoms. The van der Waals surface area contributed by atoms with E-state index in [4.69, 9.17) is 32.9 Å². The van der Waals surface area contributed by atoms with Crippen molar-refractivity contribution < 1.29 is 4.74 Å². The molecule has 0 bridgehead atoms. The van der Waals surface area contributed by atoms with Gasteiger partial charge >= 0.3 is 0 Å². The molecular weight excluding hydrogens is 371 g/mol. The van der Waals surface area contributed by atoms with Crippen molar-refractivity contribution in [2.24, 2.45) is 4.99 Å². The number of fused-ring (bicyclic) bond motifs is 1. The first-order valence-corrected chi connectivity index (χ1v) is 9.02. The maximum absolute atomic E-state index is 6.33. The highest BCUT2D eigenvalue weighted by atomic mass is 35.5. The topological polar surface area (TPSA) is 52.3 Å². The average molecular weight is 387 g/mol. The van der Waals surface area contributed by atoms with Crippen LogP contribution in [0.5, 0.6) is 0 Å². The van der Waals surface area contributed by atoms with E-state index >= 15 is 0 Å². The van der Waals surface area contributed by atoms with Crippen LogP contribution in [0.2, 0.25) is 10.0 Å². The number of hydrogen-bond acceptors (Lipinski definition) is 4. The molecule has 0 radical (unpaired) electrons. The Morgan fingerprint density at radius 3 is 2.85 bits per heavy atom. The number of hydrogen-bond donors (Lipinski definition) is 0. The van der Waals surface area contributed by atoms with E-state index < -0.39 is 6.23 Å². The molecule has 26 heavy (non-hydrogen) atoms. The number of ether oxygens (including phenoxy) is 1. The maximum atomic E-state index is 6.33. The van der Waals surface area contributed by atoms with Crippen LogP contribution in [0.25, 0.3) is 12.1 Å². The van der Waals surface area contributed by atoms with Gasteiger partial charge < -0.3 is 4.74 Å². The molecule has 1 atom stereocenters. The second kappa shape index (κ2) is 6.74. The molecular formula is C19H16Cl2N4O. The third kappa shape index (κ3) is 2.97. The molecule has 1 aliphatic rings. The molecule has 132 valence electrons. The fourth-order valence-electron chi connectivity index (χ4n) is 2.95. The van der Waals surface area contributed by atoms with Crippen LogP contribution in [0.15, 0.2) is 41.5 Å². The Kier molecular flexibility index (Phi) is 4.42. The van der Waals surface area contributed by atoms with Crippen molar-refractivity contribution in [3.63, 3.8) is 0 Å². The van der Waals surface area contributed by atoms with Crippen molar-refractivity contribution in [1.82, 2.24) is 14.8 Å². The fraction of sp³-hybridized carbons (Fsp3) is 0.211. The zero-order chi connectivity index (χ0) is 18.3. The summed E-state index contributed by atoms with van der Waals surface area (Å²) in [5, 5.41) is 7.53. The smallest absolute Gasteiger partial charge is 0.232 e.